The number of hydrogen-bond acceptors (Lipinski definition) is 3. The molecule has 0 spiro atoms. The monoisotopic (exact) mass is 260 g/mol. The highest BCUT2D eigenvalue weighted by Crippen LogP contribution is 2.27. The molecule has 2 aliphatic rings. The molecule has 1 amide bonds. The van der Waals surface area contributed by atoms with Crippen molar-refractivity contribution in [2.45, 2.75) is 19.4 Å². The Hall–Kier alpha value is -1.55. The molecule has 0 radical (unpaired) electrons. The van der Waals surface area contributed by atoms with Gasteiger partial charge in [-0.3, -0.25) is 4.79 Å². The number of para-hydroxylation sites is 1. The van der Waals surface area contributed by atoms with E-state index in [0.29, 0.717) is 12.6 Å². The summed E-state index contributed by atoms with van der Waals surface area (Å²) in [5.41, 5.74) is 1.15. The molecule has 1 N–H and O–H groups in total. The molecule has 3 rings (SSSR count). The van der Waals surface area contributed by atoms with Gasteiger partial charge >= 0.3 is 0 Å². The van der Waals surface area contributed by atoms with Crippen molar-refractivity contribution in [3.8, 4) is 5.75 Å². The quantitative estimate of drug-likeness (QED) is 0.821. The molecule has 0 bridgehead atoms. The second kappa shape index (κ2) is 5.21. The van der Waals surface area contributed by atoms with Gasteiger partial charge in [0, 0.05) is 25.7 Å². The van der Waals surface area contributed by atoms with Crippen LogP contribution in [0.1, 0.15) is 12.5 Å². The zero-order valence-electron chi connectivity index (χ0n) is 11.3. The number of carbonyl (C=O) groups excluding carboxylic acids is 1. The SMILES string of the molecule is C[C@H]1CN(C(=O)C2COc3ccccc3C2)CCN1. The van der Waals surface area contributed by atoms with E-state index in [1.54, 1.807) is 0 Å². The van der Waals surface area contributed by atoms with E-state index < -0.39 is 0 Å². The average Bonchev–Trinajstić information content (AvgIpc) is 2.46. The van der Waals surface area contributed by atoms with Gasteiger partial charge in [-0.2, -0.15) is 0 Å². The van der Waals surface area contributed by atoms with Crippen molar-refractivity contribution in [3.63, 3.8) is 0 Å². The lowest BCUT2D eigenvalue weighted by Crippen LogP contribution is -2.53. The van der Waals surface area contributed by atoms with E-state index >= 15 is 0 Å². The number of rotatable bonds is 1. The van der Waals surface area contributed by atoms with Gasteiger partial charge in [0.25, 0.3) is 0 Å². The molecule has 4 heteroatoms. The van der Waals surface area contributed by atoms with E-state index in [9.17, 15) is 4.79 Å². The van der Waals surface area contributed by atoms with Crippen LogP contribution in [0.15, 0.2) is 24.3 Å². The number of carbonyl (C=O) groups is 1. The van der Waals surface area contributed by atoms with Gasteiger partial charge in [0.15, 0.2) is 0 Å². The van der Waals surface area contributed by atoms with Crippen LogP contribution in [0.5, 0.6) is 5.75 Å². The Morgan fingerprint density at radius 3 is 3.11 bits per heavy atom. The van der Waals surface area contributed by atoms with Crippen LogP contribution < -0.4 is 10.1 Å². The molecule has 2 aliphatic heterocycles. The first kappa shape index (κ1) is 12.5. The third-order valence-electron chi connectivity index (χ3n) is 3.91. The molecular weight excluding hydrogens is 240 g/mol. The summed E-state index contributed by atoms with van der Waals surface area (Å²) in [6.07, 6.45) is 0.799. The first-order valence-electron chi connectivity index (χ1n) is 6.97. The molecule has 2 atom stereocenters. The van der Waals surface area contributed by atoms with Crippen LogP contribution >= 0.6 is 0 Å². The molecule has 1 unspecified atom stereocenters. The van der Waals surface area contributed by atoms with Crippen molar-refractivity contribution < 1.29 is 9.53 Å². The second-order valence-electron chi connectivity index (χ2n) is 5.46. The summed E-state index contributed by atoms with van der Waals surface area (Å²) >= 11 is 0. The van der Waals surface area contributed by atoms with Crippen LogP contribution in [0.25, 0.3) is 0 Å². The van der Waals surface area contributed by atoms with Crippen LogP contribution in [0.3, 0.4) is 0 Å². The van der Waals surface area contributed by atoms with Gasteiger partial charge in [-0.05, 0) is 25.0 Å². The largest absolute Gasteiger partial charge is 0.492 e. The van der Waals surface area contributed by atoms with Gasteiger partial charge in [0.2, 0.25) is 5.91 Å². The van der Waals surface area contributed by atoms with Crippen LogP contribution in [0, 0.1) is 5.92 Å². The van der Waals surface area contributed by atoms with Gasteiger partial charge < -0.3 is 15.0 Å². The third-order valence-corrected chi connectivity index (χ3v) is 3.91. The molecule has 0 aliphatic carbocycles. The van der Waals surface area contributed by atoms with E-state index in [-0.39, 0.29) is 11.8 Å². The number of piperazine rings is 1. The first-order valence-corrected chi connectivity index (χ1v) is 6.97. The predicted molar refractivity (Wildman–Crippen MR) is 73.2 cm³/mol. The highest BCUT2D eigenvalue weighted by molar-refractivity contribution is 5.80. The number of benzene rings is 1. The Morgan fingerprint density at radius 1 is 1.42 bits per heavy atom. The van der Waals surface area contributed by atoms with Crippen molar-refractivity contribution in [2.75, 3.05) is 26.2 Å². The zero-order valence-corrected chi connectivity index (χ0v) is 11.3. The standard InChI is InChI=1S/C15H20N2O2/c1-11-9-17(7-6-16-11)15(18)13-8-12-4-2-3-5-14(12)19-10-13/h2-5,11,13,16H,6-10H2,1H3/t11-,13?/m0/s1. The van der Waals surface area contributed by atoms with Crippen LogP contribution in [-0.4, -0.2) is 43.1 Å². The molecule has 0 aromatic heterocycles. The number of hydrogen-bond donors (Lipinski definition) is 1. The number of nitrogens with one attached hydrogen (secondary N) is 1. The summed E-state index contributed by atoms with van der Waals surface area (Å²) < 4.78 is 5.71. The normalized spacial score (nSPS) is 26.5. The van der Waals surface area contributed by atoms with Crippen LogP contribution in [0.4, 0.5) is 0 Å². The Bertz CT molecular complexity index is 475. The second-order valence-corrected chi connectivity index (χ2v) is 5.46. The summed E-state index contributed by atoms with van der Waals surface area (Å²) in [5.74, 6) is 1.14. The summed E-state index contributed by atoms with van der Waals surface area (Å²) in [7, 11) is 0. The summed E-state index contributed by atoms with van der Waals surface area (Å²) in [4.78, 5) is 14.5. The molecule has 1 aromatic carbocycles. The number of fused-ring (bicyclic) bond motifs is 1. The summed E-state index contributed by atoms with van der Waals surface area (Å²) in [6.45, 7) is 5.12. The molecule has 1 saturated heterocycles. The highest BCUT2D eigenvalue weighted by atomic mass is 16.5. The van der Waals surface area contributed by atoms with Gasteiger partial charge in [-0.15, -0.1) is 0 Å². The minimum atomic E-state index is -0.0276. The molecule has 4 nitrogen and oxygen atoms in total. The fraction of sp³-hybridized carbons (Fsp3) is 0.533. The Morgan fingerprint density at radius 2 is 2.26 bits per heavy atom. The molecule has 19 heavy (non-hydrogen) atoms. The topological polar surface area (TPSA) is 41.6 Å². The van der Waals surface area contributed by atoms with Gasteiger partial charge in [0.05, 0.1) is 5.92 Å². The molecule has 2 heterocycles. The van der Waals surface area contributed by atoms with Gasteiger partial charge in [-0.25, -0.2) is 0 Å². The number of ether oxygens (including phenoxy) is 1. The van der Waals surface area contributed by atoms with Crippen molar-refractivity contribution in [1.29, 1.82) is 0 Å². The first-order chi connectivity index (χ1) is 9.24. The molecule has 1 aromatic rings. The maximum Gasteiger partial charge on any atom is 0.229 e. The lowest BCUT2D eigenvalue weighted by atomic mass is 9.95. The molecule has 0 saturated carbocycles. The predicted octanol–water partition coefficient (Wildman–Crippen LogP) is 1.06. The smallest absolute Gasteiger partial charge is 0.229 e. The van der Waals surface area contributed by atoms with Crippen molar-refractivity contribution in [1.82, 2.24) is 10.2 Å². The van der Waals surface area contributed by atoms with Gasteiger partial charge in [0.1, 0.15) is 12.4 Å². The lowest BCUT2D eigenvalue weighted by molar-refractivity contribution is -0.138. The van der Waals surface area contributed by atoms with E-state index in [1.807, 2.05) is 23.1 Å². The van der Waals surface area contributed by atoms with E-state index in [1.165, 1.54) is 0 Å². The lowest BCUT2D eigenvalue weighted by Gasteiger charge is -2.35. The Balaban J connectivity index is 1.69. The van der Waals surface area contributed by atoms with Crippen LogP contribution in [-0.2, 0) is 11.2 Å². The van der Waals surface area contributed by atoms with Crippen LogP contribution in [0.2, 0.25) is 0 Å². The van der Waals surface area contributed by atoms with Crippen molar-refractivity contribution in [3.05, 3.63) is 29.8 Å². The van der Waals surface area contributed by atoms with Crippen molar-refractivity contribution >= 4 is 5.91 Å². The summed E-state index contributed by atoms with van der Waals surface area (Å²) in [5, 5.41) is 3.36. The minimum Gasteiger partial charge on any atom is -0.492 e. The average molecular weight is 260 g/mol. The van der Waals surface area contributed by atoms with Crippen molar-refractivity contribution in [2.24, 2.45) is 5.92 Å². The Labute approximate surface area is 113 Å². The molecular formula is C15H20N2O2. The fourth-order valence-electron chi connectivity index (χ4n) is 2.88. The molecule has 1 fully saturated rings. The zero-order chi connectivity index (χ0) is 13.2. The maximum atomic E-state index is 12.5. The maximum absolute atomic E-state index is 12.5. The van der Waals surface area contributed by atoms with E-state index in [2.05, 4.69) is 18.3 Å². The van der Waals surface area contributed by atoms with E-state index in [4.69, 9.17) is 4.74 Å². The summed E-state index contributed by atoms with van der Waals surface area (Å²) in [6, 6.07) is 8.38. The number of nitrogens with zero attached hydrogens (tertiary/aromatic N) is 1. The highest BCUT2D eigenvalue weighted by Gasteiger charge is 2.31. The number of amides is 1. The fourth-order valence-corrected chi connectivity index (χ4v) is 2.88. The van der Waals surface area contributed by atoms with E-state index in [0.717, 1.165) is 37.4 Å². The minimum absolute atomic E-state index is 0.0276. The third kappa shape index (κ3) is 2.59. The van der Waals surface area contributed by atoms with Gasteiger partial charge in [-0.1, -0.05) is 18.2 Å². The Kier molecular flexibility index (Phi) is 3.42. The molecule has 102 valence electrons.